The second-order valence-corrected chi connectivity index (χ2v) is 7.05. The van der Waals surface area contributed by atoms with Crippen LogP contribution < -0.4 is 9.47 Å². The molecule has 8 heteroatoms. The number of benzene rings is 1. The van der Waals surface area contributed by atoms with Crippen molar-refractivity contribution in [1.82, 2.24) is 9.80 Å². The van der Waals surface area contributed by atoms with Crippen molar-refractivity contribution >= 4 is 35.3 Å². The minimum Gasteiger partial charge on any atom is -0.490 e. The van der Waals surface area contributed by atoms with Crippen molar-refractivity contribution in [2.45, 2.75) is 20.8 Å². The lowest BCUT2D eigenvalue weighted by molar-refractivity contribution is -0.143. The monoisotopic (exact) mass is 406 g/mol. The Morgan fingerprint density at radius 2 is 1.96 bits per heavy atom. The highest BCUT2D eigenvalue weighted by Gasteiger charge is 2.37. The van der Waals surface area contributed by atoms with Gasteiger partial charge in [0.2, 0.25) is 0 Å². The third-order valence-electron chi connectivity index (χ3n) is 4.00. The zero-order valence-corrected chi connectivity index (χ0v) is 17.7. The van der Waals surface area contributed by atoms with Crippen LogP contribution in [0.15, 0.2) is 23.9 Å². The van der Waals surface area contributed by atoms with Crippen LogP contribution in [0.1, 0.15) is 26.3 Å². The Balaban J connectivity index is 2.30. The normalized spacial score (nSPS) is 15.6. The van der Waals surface area contributed by atoms with E-state index in [1.54, 1.807) is 18.0 Å². The predicted molar refractivity (Wildman–Crippen MR) is 110 cm³/mol. The molecule has 7 nitrogen and oxygen atoms in total. The summed E-state index contributed by atoms with van der Waals surface area (Å²) in [5, 5.41) is 0.253. The molecule has 28 heavy (non-hydrogen) atoms. The lowest BCUT2D eigenvalue weighted by Crippen LogP contribution is -2.36. The lowest BCUT2D eigenvalue weighted by Gasteiger charge is -2.15. The number of hydrogen-bond donors (Lipinski definition) is 0. The molecule has 1 aliphatic heterocycles. The molecule has 0 aliphatic carbocycles. The van der Waals surface area contributed by atoms with Crippen LogP contribution in [0.25, 0.3) is 6.08 Å². The molecule has 1 aliphatic rings. The fraction of sp³-hybridized carbons (Fsp3) is 0.450. The first-order valence-electron chi connectivity index (χ1n) is 9.06. The van der Waals surface area contributed by atoms with Crippen LogP contribution in [0.4, 0.5) is 0 Å². The number of thiocarbonyl (C=S) groups is 1. The molecule has 0 spiro atoms. The van der Waals surface area contributed by atoms with Crippen molar-refractivity contribution in [1.29, 1.82) is 0 Å². The molecule has 152 valence electrons. The van der Waals surface area contributed by atoms with Gasteiger partial charge in [0.15, 0.2) is 16.6 Å². The zero-order valence-electron chi connectivity index (χ0n) is 16.9. The lowest BCUT2D eigenvalue weighted by atomic mass is 10.1. The first-order chi connectivity index (χ1) is 13.3. The number of esters is 1. The van der Waals surface area contributed by atoms with Crippen molar-refractivity contribution in [2.75, 3.05) is 33.9 Å². The van der Waals surface area contributed by atoms with Crippen LogP contribution in [0.2, 0.25) is 0 Å². The zero-order chi connectivity index (χ0) is 20.8. The quantitative estimate of drug-likeness (QED) is 0.373. The molecule has 2 rings (SSSR count). The highest BCUT2D eigenvalue weighted by molar-refractivity contribution is 7.80. The van der Waals surface area contributed by atoms with Crippen molar-refractivity contribution in [3.05, 3.63) is 29.5 Å². The molecule has 1 aromatic carbocycles. The summed E-state index contributed by atoms with van der Waals surface area (Å²) in [5.74, 6) is 0.778. The Bertz CT molecular complexity index is 791. The molecule has 0 saturated carbocycles. The molecular weight excluding hydrogens is 380 g/mol. The van der Waals surface area contributed by atoms with Gasteiger partial charge in [-0.1, -0.05) is 19.9 Å². The van der Waals surface area contributed by atoms with Gasteiger partial charge in [-0.3, -0.25) is 14.5 Å². The van der Waals surface area contributed by atoms with Crippen LogP contribution in [0.5, 0.6) is 11.5 Å². The van der Waals surface area contributed by atoms with Gasteiger partial charge in [0, 0.05) is 7.05 Å². The van der Waals surface area contributed by atoms with E-state index in [4.69, 9.17) is 21.7 Å². The van der Waals surface area contributed by atoms with Gasteiger partial charge in [-0.25, -0.2) is 0 Å². The van der Waals surface area contributed by atoms with Crippen LogP contribution in [0.3, 0.4) is 0 Å². The summed E-state index contributed by atoms with van der Waals surface area (Å²) in [6.07, 6.45) is 1.71. The molecule has 0 radical (unpaired) electrons. The number of carbonyl (C=O) groups excluding carboxylic acids is 2. The maximum atomic E-state index is 12.7. The second kappa shape index (κ2) is 9.54. The minimum absolute atomic E-state index is 0.220. The molecule has 1 saturated heterocycles. The van der Waals surface area contributed by atoms with Crippen LogP contribution >= 0.6 is 12.2 Å². The summed E-state index contributed by atoms with van der Waals surface area (Å²) < 4.78 is 16.1. The van der Waals surface area contributed by atoms with Gasteiger partial charge in [0.25, 0.3) is 5.91 Å². The van der Waals surface area contributed by atoms with E-state index in [1.165, 1.54) is 12.0 Å². The van der Waals surface area contributed by atoms with Crippen molar-refractivity contribution in [3.8, 4) is 11.5 Å². The Morgan fingerprint density at radius 3 is 2.57 bits per heavy atom. The van der Waals surface area contributed by atoms with E-state index in [9.17, 15) is 9.59 Å². The Hall–Kier alpha value is -2.61. The maximum Gasteiger partial charge on any atom is 0.325 e. The van der Waals surface area contributed by atoms with Gasteiger partial charge >= 0.3 is 5.97 Å². The van der Waals surface area contributed by atoms with Crippen molar-refractivity contribution < 1.29 is 23.8 Å². The standard InChI is InChI=1S/C20H26N2O5S/c1-6-26-17-10-14(7-8-16(17)27-12-13(2)3)9-15-19(24)22(11-18(23)25-5)20(28)21(15)4/h7-10,13H,6,11-12H2,1-5H3/b15-9-. The van der Waals surface area contributed by atoms with E-state index >= 15 is 0 Å². The molecule has 0 atom stereocenters. The Kier molecular flexibility index (Phi) is 7.39. The van der Waals surface area contributed by atoms with E-state index in [1.807, 2.05) is 25.1 Å². The summed E-state index contributed by atoms with van der Waals surface area (Å²) in [6.45, 7) is 6.90. The Morgan fingerprint density at radius 1 is 1.25 bits per heavy atom. The van der Waals surface area contributed by atoms with Gasteiger partial charge in [-0.15, -0.1) is 0 Å². The first kappa shape index (κ1) is 21.7. The van der Waals surface area contributed by atoms with E-state index in [0.29, 0.717) is 36.3 Å². The number of nitrogens with zero attached hydrogens (tertiary/aromatic N) is 2. The number of amides is 1. The van der Waals surface area contributed by atoms with Gasteiger partial charge in [0.05, 0.1) is 20.3 Å². The van der Waals surface area contributed by atoms with E-state index in [-0.39, 0.29) is 17.6 Å². The molecule has 0 unspecified atom stereocenters. The Labute approximate surface area is 170 Å². The molecule has 0 N–H and O–H groups in total. The minimum atomic E-state index is -0.532. The number of likely N-dealkylation sites (N-methyl/N-ethyl adjacent to an activating group) is 1. The number of carbonyl (C=O) groups is 2. The summed E-state index contributed by atoms with van der Waals surface area (Å²) in [7, 11) is 2.96. The highest BCUT2D eigenvalue weighted by atomic mass is 32.1. The van der Waals surface area contributed by atoms with Crippen molar-refractivity contribution in [3.63, 3.8) is 0 Å². The molecule has 1 heterocycles. The van der Waals surface area contributed by atoms with Gasteiger partial charge in [0.1, 0.15) is 12.2 Å². The number of methoxy groups -OCH3 is 1. The van der Waals surface area contributed by atoms with Gasteiger partial charge in [-0.05, 0) is 48.8 Å². The molecule has 1 fully saturated rings. The van der Waals surface area contributed by atoms with Crippen LogP contribution in [0, 0.1) is 5.92 Å². The highest BCUT2D eigenvalue weighted by Crippen LogP contribution is 2.31. The maximum absolute atomic E-state index is 12.7. The third kappa shape index (κ3) is 5.01. The fourth-order valence-electron chi connectivity index (χ4n) is 2.56. The van der Waals surface area contributed by atoms with E-state index in [2.05, 4.69) is 18.6 Å². The van der Waals surface area contributed by atoms with Gasteiger partial charge < -0.3 is 19.1 Å². The molecule has 1 amide bonds. The average molecular weight is 407 g/mol. The topological polar surface area (TPSA) is 68.3 Å². The average Bonchev–Trinajstić information content (AvgIpc) is 2.85. The first-order valence-corrected chi connectivity index (χ1v) is 9.47. The SMILES string of the molecule is CCOc1cc(/C=C2/C(=O)N(CC(=O)OC)C(=S)N2C)ccc1OCC(C)C. The van der Waals surface area contributed by atoms with Crippen molar-refractivity contribution in [2.24, 2.45) is 5.92 Å². The summed E-state index contributed by atoms with van der Waals surface area (Å²) in [4.78, 5) is 27.0. The smallest absolute Gasteiger partial charge is 0.325 e. The molecule has 0 aromatic heterocycles. The summed E-state index contributed by atoms with van der Waals surface area (Å²) in [6, 6.07) is 5.49. The largest absolute Gasteiger partial charge is 0.490 e. The second-order valence-electron chi connectivity index (χ2n) is 6.68. The summed E-state index contributed by atoms with van der Waals surface area (Å²) in [5.41, 5.74) is 1.13. The molecule has 0 bridgehead atoms. The molecule has 1 aromatic rings. The fourth-order valence-corrected chi connectivity index (χ4v) is 2.81. The van der Waals surface area contributed by atoms with E-state index in [0.717, 1.165) is 5.56 Å². The molecular formula is C20H26N2O5S. The van der Waals surface area contributed by atoms with Gasteiger partial charge in [-0.2, -0.15) is 0 Å². The number of rotatable bonds is 8. The van der Waals surface area contributed by atoms with Crippen LogP contribution in [-0.2, 0) is 14.3 Å². The number of hydrogen-bond acceptors (Lipinski definition) is 6. The van der Waals surface area contributed by atoms with Crippen LogP contribution in [-0.4, -0.2) is 60.7 Å². The third-order valence-corrected chi connectivity index (χ3v) is 4.50. The number of ether oxygens (including phenoxy) is 3. The summed E-state index contributed by atoms with van der Waals surface area (Å²) >= 11 is 5.28. The predicted octanol–water partition coefficient (Wildman–Crippen LogP) is 2.69. The van der Waals surface area contributed by atoms with E-state index < -0.39 is 5.97 Å².